The predicted molar refractivity (Wildman–Crippen MR) is 102 cm³/mol. The SMILES string of the molecule is CC(C)(C)OC(=O)Nc1ccc2c(c1)CCC(=O)N2Cc1ccccc1. The molecule has 2 amide bonds. The fourth-order valence-electron chi connectivity index (χ4n) is 3.00. The number of fused-ring (bicyclic) bond motifs is 1. The van der Waals surface area contributed by atoms with Crippen LogP contribution < -0.4 is 10.2 Å². The summed E-state index contributed by atoms with van der Waals surface area (Å²) in [5.41, 5.74) is 3.17. The molecule has 136 valence electrons. The summed E-state index contributed by atoms with van der Waals surface area (Å²) >= 11 is 0. The lowest BCUT2D eigenvalue weighted by atomic mass is 9.99. The van der Waals surface area contributed by atoms with Gasteiger partial charge in [0.15, 0.2) is 0 Å². The third kappa shape index (κ3) is 4.42. The number of carbonyl (C=O) groups is 2. The van der Waals surface area contributed by atoms with Crippen molar-refractivity contribution < 1.29 is 14.3 Å². The Balaban J connectivity index is 1.78. The van der Waals surface area contributed by atoms with Crippen molar-refractivity contribution in [3.05, 3.63) is 59.7 Å². The van der Waals surface area contributed by atoms with Gasteiger partial charge in [-0.3, -0.25) is 10.1 Å². The summed E-state index contributed by atoms with van der Waals surface area (Å²) < 4.78 is 5.29. The van der Waals surface area contributed by atoms with E-state index >= 15 is 0 Å². The van der Waals surface area contributed by atoms with Gasteiger partial charge in [-0.15, -0.1) is 0 Å². The van der Waals surface area contributed by atoms with Crippen LogP contribution in [0.3, 0.4) is 0 Å². The Hall–Kier alpha value is -2.82. The molecule has 0 spiro atoms. The first-order valence-corrected chi connectivity index (χ1v) is 8.79. The fraction of sp³-hybridized carbons (Fsp3) is 0.333. The molecule has 1 N–H and O–H groups in total. The molecule has 0 radical (unpaired) electrons. The van der Waals surface area contributed by atoms with Crippen LogP contribution >= 0.6 is 0 Å². The summed E-state index contributed by atoms with van der Waals surface area (Å²) in [5, 5.41) is 2.76. The molecular weight excluding hydrogens is 328 g/mol. The van der Waals surface area contributed by atoms with Gasteiger partial charge in [0.05, 0.1) is 6.54 Å². The van der Waals surface area contributed by atoms with E-state index in [0.29, 0.717) is 25.1 Å². The number of nitrogens with one attached hydrogen (secondary N) is 1. The predicted octanol–water partition coefficient (Wildman–Crippen LogP) is 4.51. The molecule has 0 fully saturated rings. The summed E-state index contributed by atoms with van der Waals surface area (Å²) in [4.78, 5) is 26.2. The Morgan fingerprint density at radius 1 is 1.12 bits per heavy atom. The summed E-state index contributed by atoms with van der Waals surface area (Å²) in [7, 11) is 0. The van der Waals surface area contributed by atoms with Gasteiger partial charge >= 0.3 is 6.09 Å². The van der Waals surface area contributed by atoms with Crippen molar-refractivity contribution in [2.75, 3.05) is 10.2 Å². The Kier molecular flexibility index (Phi) is 4.98. The first-order chi connectivity index (χ1) is 12.3. The van der Waals surface area contributed by atoms with Gasteiger partial charge < -0.3 is 9.64 Å². The number of carbonyl (C=O) groups excluding carboxylic acids is 2. The Bertz CT molecular complexity index is 810. The van der Waals surface area contributed by atoms with Crippen LogP contribution in [0.5, 0.6) is 0 Å². The highest BCUT2D eigenvalue weighted by Crippen LogP contribution is 2.31. The molecule has 0 saturated heterocycles. The molecule has 0 aliphatic carbocycles. The fourth-order valence-corrected chi connectivity index (χ4v) is 3.00. The molecule has 2 aromatic carbocycles. The molecule has 0 atom stereocenters. The van der Waals surface area contributed by atoms with Crippen LogP contribution in [-0.2, 0) is 22.5 Å². The average Bonchev–Trinajstić information content (AvgIpc) is 2.56. The van der Waals surface area contributed by atoms with Crippen LogP contribution in [0.4, 0.5) is 16.2 Å². The largest absolute Gasteiger partial charge is 0.444 e. The van der Waals surface area contributed by atoms with E-state index in [-0.39, 0.29) is 5.91 Å². The average molecular weight is 352 g/mol. The monoisotopic (exact) mass is 352 g/mol. The number of amides is 2. The number of anilines is 2. The first-order valence-electron chi connectivity index (χ1n) is 8.79. The lowest BCUT2D eigenvalue weighted by Crippen LogP contribution is -2.34. The van der Waals surface area contributed by atoms with Crippen LogP contribution in [0.15, 0.2) is 48.5 Å². The molecule has 2 aromatic rings. The number of hydrogen-bond donors (Lipinski definition) is 1. The molecule has 0 unspecified atom stereocenters. The topological polar surface area (TPSA) is 58.6 Å². The molecule has 26 heavy (non-hydrogen) atoms. The van der Waals surface area contributed by atoms with Gasteiger partial charge in [0.1, 0.15) is 5.60 Å². The van der Waals surface area contributed by atoms with Crippen LogP contribution in [0.1, 0.15) is 38.3 Å². The zero-order chi connectivity index (χ0) is 18.7. The van der Waals surface area contributed by atoms with Crippen LogP contribution in [-0.4, -0.2) is 17.6 Å². The van der Waals surface area contributed by atoms with Crippen molar-refractivity contribution in [3.63, 3.8) is 0 Å². The molecule has 0 saturated carbocycles. The number of nitrogens with zero attached hydrogens (tertiary/aromatic N) is 1. The highest BCUT2D eigenvalue weighted by molar-refractivity contribution is 5.97. The third-order valence-electron chi connectivity index (χ3n) is 4.11. The number of aryl methyl sites for hydroxylation is 1. The Morgan fingerprint density at radius 3 is 2.54 bits per heavy atom. The van der Waals surface area contributed by atoms with Gasteiger partial charge in [0, 0.05) is 17.8 Å². The maximum absolute atomic E-state index is 12.4. The minimum absolute atomic E-state index is 0.120. The molecule has 5 nitrogen and oxygen atoms in total. The van der Waals surface area contributed by atoms with Crippen molar-refractivity contribution in [3.8, 4) is 0 Å². The van der Waals surface area contributed by atoms with E-state index in [1.165, 1.54) is 0 Å². The summed E-state index contributed by atoms with van der Waals surface area (Å²) in [6.07, 6.45) is 0.657. The Morgan fingerprint density at radius 2 is 1.85 bits per heavy atom. The number of rotatable bonds is 3. The van der Waals surface area contributed by atoms with Crippen LogP contribution in [0, 0.1) is 0 Å². The van der Waals surface area contributed by atoms with Crippen molar-refractivity contribution in [1.82, 2.24) is 0 Å². The Labute approximate surface area is 154 Å². The van der Waals surface area contributed by atoms with Gasteiger partial charge in [0.2, 0.25) is 5.91 Å². The van der Waals surface area contributed by atoms with E-state index < -0.39 is 11.7 Å². The second-order valence-corrected chi connectivity index (χ2v) is 7.44. The zero-order valence-corrected chi connectivity index (χ0v) is 15.4. The quantitative estimate of drug-likeness (QED) is 0.884. The van der Waals surface area contributed by atoms with Gasteiger partial charge in [-0.2, -0.15) is 0 Å². The summed E-state index contributed by atoms with van der Waals surface area (Å²) in [6, 6.07) is 15.5. The molecule has 1 aliphatic heterocycles. The number of hydrogen-bond acceptors (Lipinski definition) is 3. The smallest absolute Gasteiger partial charge is 0.412 e. The standard InChI is InChI=1S/C21H24N2O3/c1-21(2,3)26-20(25)22-17-10-11-18-16(13-17)9-12-19(24)23(18)14-15-7-5-4-6-8-15/h4-8,10-11,13H,9,12,14H2,1-3H3,(H,22,25). The molecule has 1 aliphatic rings. The molecular formula is C21H24N2O3. The summed E-state index contributed by atoms with van der Waals surface area (Å²) in [5.74, 6) is 0.120. The van der Waals surface area contributed by atoms with Crippen molar-refractivity contribution >= 4 is 23.4 Å². The molecule has 3 rings (SSSR count). The van der Waals surface area contributed by atoms with E-state index in [9.17, 15) is 9.59 Å². The highest BCUT2D eigenvalue weighted by Gasteiger charge is 2.25. The van der Waals surface area contributed by atoms with Crippen LogP contribution in [0.25, 0.3) is 0 Å². The molecule has 5 heteroatoms. The maximum atomic E-state index is 12.4. The van der Waals surface area contributed by atoms with Crippen molar-refractivity contribution in [2.45, 2.75) is 45.8 Å². The minimum Gasteiger partial charge on any atom is -0.444 e. The van der Waals surface area contributed by atoms with Gasteiger partial charge in [-0.25, -0.2) is 4.79 Å². The lowest BCUT2D eigenvalue weighted by Gasteiger charge is -2.30. The number of ether oxygens (including phenoxy) is 1. The van der Waals surface area contributed by atoms with E-state index in [1.807, 2.05) is 68.1 Å². The first kappa shape index (κ1) is 18.0. The van der Waals surface area contributed by atoms with E-state index in [1.54, 1.807) is 6.07 Å². The van der Waals surface area contributed by atoms with Gasteiger partial charge in [-0.1, -0.05) is 30.3 Å². The minimum atomic E-state index is -0.544. The van der Waals surface area contributed by atoms with Crippen LogP contribution in [0.2, 0.25) is 0 Å². The third-order valence-corrected chi connectivity index (χ3v) is 4.11. The number of benzene rings is 2. The van der Waals surface area contributed by atoms with E-state index in [4.69, 9.17) is 4.74 Å². The lowest BCUT2D eigenvalue weighted by molar-refractivity contribution is -0.119. The van der Waals surface area contributed by atoms with Crippen molar-refractivity contribution in [1.29, 1.82) is 0 Å². The van der Waals surface area contributed by atoms with E-state index in [2.05, 4.69) is 5.32 Å². The van der Waals surface area contributed by atoms with Gasteiger partial charge in [-0.05, 0) is 56.5 Å². The summed E-state index contributed by atoms with van der Waals surface area (Å²) in [6.45, 7) is 6.02. The molecule has 0 bridgehead atoms. The molecule has 0 aromatic heterocycles. The second kappa shape index (κ2) is 7.20. The highest BCUT2D eigenvalue weighted by atomic mass is 16.6. The second-order valence-electron chi connectivity index (χ2n) is 7.44. The van der Waals surface area contributed by atoms with Crippen molar-refractivity contribution in [2.24, 2.45) is 0 Å². The van der Waals surface area contributed by atoms with E-state index in [0.717, 1.165) is 16.8 Å². The maximum Gasteiger partial charge on any atom is 0.412 e. The zero-order valence-electron chi connectivity index (χ0n) is 15.4. The normalized spacial score (nSPS) is 14.0. The van der Waals surface area contributed by atoms with Gasteiger partial charge in [0.25, 0.3) is 0 Å². The molecule has 1 heterocycles.